The van der Waals surface area contributed by atoms with Crippen molar-refractivity contribution >= 4 is 17.2 Å². The van der Waals surface area contributed by atoms with Crippen LogP contribution in [0.5, 0.6) is 0 Å². The lowest BCUT2D eigenvalue weighted by Gasteiger charge is -2.32. The smallest absolute Gasteiger partial charge is 0.280 e. The summed E-state index contributed by atoms with van der Waals surface area (Å²) >= 11 is 1.53. The molecular weight excluding hydrogens is 284 g/mol. The van der Waals surface area contributed by atoms with Crippen LogP contribution in [-0.2, 0) is 13.0 Å². The van der Waals surface area contributed by atoms with Gasteiger partial charge in [0.05, 0.1) is 5.69 Å². The second-order valence-corrected chi connectivity index (χ2v) is 7.62. The maximum Gasteiger partial charge on any atom is 0.280 e. The highest BCUT2D eigenvalue weighted by Crippen LogP contribution is 2.26. The normalized spacial score (nSPS) is 30.0. The minimum atomic E-state index is -0.0494. The molecule has 0 spiro atoms. The van der Waals surface area contributed by atoms with Crippen molar-refractivity contribution in [1.29, 1.82) is 0 Å². The van der Waals surface area contributed by atoms with E-state index >= 15 is 0 Å². The summed E-state index contributed by atoms with van der Waals surface area (Å²) in [5, 5.41) is 3.70. The highest BCUT2D eigenvalue weighted by atomic mass is 32.1. The predicted octanol–water partition coefficient (Wildman–Crippen LogP) is 1.38. The van der Waals surface area contributed by atoms with Crippen molar-refractivity contribution in [3.63, 3.8) is 0 Å². The molecule has 0 aromatic carbocycles. The summed E-state index contributed by atoms with van der Waals surface area (Å²) in [5.41, 5.74) is 7.25. The lowest BCUT2D eigenvalue weighted by molar-refractivity contribution is 0.0912. The molecule has 1 saturated carbocycles. The molecule has 1 aliphatic heterocycles. The summed E-state index contributed by atoms with van der Waals surface area (Å²) < 4.78 is 0. The maximum atomic E-state index is 12.4. The number of hydrogen-bond donors (Lipinski definition) is 2. The van der Waals surface area contributed by atoms with Gasteiger partial charge in [0.25, 0.3) is 5.91 Å². The fourth-order valence-electron chi connectivity index (χ4n) is 3.22. The predicted molar refractivity (Wildman–Crippen MR) is 84.4 cm³/mol. The van der Waals surface area contributed by atoms with Gasteiger partial charge in [0.15, 0.2) is 5.01 Å². The zero-order valence-electron chi connectivity index (χ0n) is 12.8. The summed E-state index contributed by atoms with van der Waals surface area (Å²) in [7, 11) is 2.10. The van der Waals surface area contributed by atoms with E-state index in [1.54, 1.807) is 0 Å². The number of nitrogens with one attached hydrogen (secondary N) is 1. The first-order chi connectivity index (χ1) is 10.0. The van der Waals surface area contributed by atoms with Gasteiger partial charge in [0.2, 0.25) is 0 Å². The number of likely N-dealkylation sites (N-methyl/N-ethyl adjacent to an activating group) is 1. The van der Waals surface area contributed by atoms with E-state index in [4.69, 9.17) is 5.73 Å². The van der Waals surface area contributed by atoms with Gasteiger partial charge in [0.1, 0.15) is 0 Å². The van der Waals surface area contributed by atoms with E-state index in [2.05, 4.69) is 29.2 Å². The molecule has 0 radical (unpaired) electrons. The minimum Gasteiger partial charge on any atom is -0.346 e. The standard InChI is InChI=1S/C15H24N4OS/c1-9-3-4-10(16)12(7-9)17-14(20)15-18-11-5-6-19(2)8-13(11)21-15/h9-10,12H,3-8,16H2,1-2H3,(H,17,20)/t9-,10+,12-/m1/s1. The molecule has 0 bridgehead atoms. The van der Waals surface area contributed by atoms with Crippen molar-refractivity contribution < 1.29 is 4.79 Å². The number of carbonyl (C=O) groups is 1. The summed E-state index contributed by atoms with van der Waals surface area (Å²) in [6.07, 6.45) is 4.06. The van der Waals surface area contributed by atoms with E-state index in [9.17, 15) is 4.79 Å². The van der Waals surface area contributed by atoms with Gasteiger partial charge in [-0.1, -0.05) is 6.92 Å². The Balaban J connectivity index is 1.68. The molecule has 3 rings (SSSR count). The van der Waals surface area contributed by atoms with Crippen LogP contribution in [0, 0.1) is 5.92 Å². The third-order valence-corrected chi connectivity index (χ3v) is 5.68. The van der Waals surface area contributed by atoms with Gasteiger partial charge in [-0.2, -0.15) is 0 Å². The van der Waals surface area contributed by atoms with Crippen LogP contribution in [0.15, 0.2) is 0 Å². The van der Waals surface area contributed by atoms with Crippen molar-refractivity contribution in [2.45, 2.75) is 51.2 Å². The third-order valence-electron chi connectivity index (χ3n) is 4.60. The molecule has 1 fully saturated rings. The fraction of sp³-hybridized carbons (Fsp3) is 0.733. The molecular formula is C15H24N4OS. The van der Waals surface area contributed by atoms with Crippen LogP contribution in [0.4, 0.5) is 0 Å². The first-order valence-corrected chi connectivity index (χ1v) is 8.58. The summed E-state index contributed by atoms with van der Waals surface area (Å²) in [6.45, 7) is 4.14. The van der Waals surface area contributed by atoms with E-state index in [0.29, 0.717) is 10.9 Å². The summed E-state index contributed by atoms with van der Waals surface area (Å²) in [4.78, 5) is 20.5. The number of aromatic nitrogens is 1. The molecule has 1 aromatic heterocycles. The summed E-state index contributed by atoms with van der Waals surface area (Å²) in [6, 6.07) is 0.163. The monoisotopic (exact) mass is 308 g/mol. The second kappa shape index (κ2) is 6.02. The number of amides is 1. The van der Waals surface area contributed by atoms with Crippen molar-refractivity contribution in [1.82, 2.24) is 15.2 Å². The van der Waals surface area contributed by atoms with Gasteiger partial charge in [-0.05, 0) is 32.2 Å². The molecule has 0 saturated heterocycles. The highest BCUT2D eigenvalue weighted by molar-refractivity contribution is 7.13. The molecule has 21 heavy (non-hydrogen) atoms. The van der Waals surface area contributed by atoms with Crippen LogP contribution in [0.1, 0.15) is 46.6 Å². The van der Waals surface area contributed by atoms with Crippen molar-refractivity contribution in [2.24, 2.45) is 11.7 Å². The largest absolute Gasteiger partial charge is 0.346 e. The average molecular weight is 308 g/mol. The molecule has 6 heteroatoms. The maximum absolute atomic E-state index is 12.4. The van der Waals surface area contributed by atoms with E-state index in [0.717, 1.165) is 44.5 Å². The van der Waals surface area contributed by atoms with E-state index in [1.165, 1.54) is 16.2 Å². The van der Waals surface area contributed by atoms with Gasteiger partial charge in [-0.25, -0.2) is 4.98 Å². The van der Waals surface area contributed by atoms with Crippen molar-refractivity contribution in [3.05, 3.63) is 15.6 Å². The van der Waals surface area contributed by atoms with Crippen LogP contribution in [-0.4, -0.2) is 41.5 Å². The van der Waals surface area contributed by atoms with Gasteiger partial charge in [-0.3, -0.25) is 4.79 Å². The second-order valence-electron chi connectivity index (χ2n) is 6.54. The van der Waals surface area contributed by atoms with E-state index < -0.39 is 0 Å². The lowest BCUT2D eigenvalue weighted by Crippen LogP contribution is -2.50. The van der Waals surface area contributed by atoms with Gasteiger partial charge in [0, 0.05) is 36.5 Å². The highest BCUT2D eigenvalue weighted by Gasteiger charge is 2.29. The van der Waals surface area contributed by atoms with Crippen LogP contribution in [0.25, 0.3) is 0 Å². The molecule has 1 aliphatic carbocycles. The topological polar surface area (TPSA) is 71.2 Å². The van der Waals surface area contributed by atoms with E-state index in [-0.39, 0.29) is 18.0 Å². The Hall–Kier alpha value is -0.980. The van der Waals surface area contributed by atoms with Gasteiger partial charge in [-0.15, -0.1) is 11.3 Å². The third kappa shape index (κ3) is 3.27. The Morgan fingerprint density at radius 3 is 3.10 bits per heavy atom. The Kier molecular flexibility index (Phi) is 4.28. The molecule has 1 amide bonds. The van der Waals surface area contributed by atoms with Crippen LogP contribution >= 0.6 is 11.3 Å². The quantitative estimate of drug-likeness (QED) is 0.866. The SMILES string of the molecule is C[C@@H]1CC[C@H](N)[C@H](NC(=O)c2nc3c(s2)CN(C)CC3)C1. The Morgan fingerprint density at radius 2 is 2.29 bits per heavy atom. The Labute approximate surface area is 129 Å². The molecule has 1 aromatic rings. The summed E-state index contributed by atoms with van der Waals surface area (Å²) in [5.74, 6) is 0.583. The Morgan fingerprint density at radius 1 is 1.48 bits per heavy atom. The molecule has 2 aliphatic rings. The number of thiazole rings is 1. The number of fused-ring (bicyclic) bond motifs is 1. The number of carbonyl (C=O) groups excluding carboxylic acids is 1. The zero-order chi connectivity index (χ0) is 15.0. The van der Waals surface area contributed by atoms with Gasteiger partial charge < -0.3 is 16.0 Å². The minimum absolute atomic E-state index is 0.0494. The van der Waals surface area contributed by atoms with Crippen LogP contribution in [0.2, 0.25) is 0 Å². The lowest BCUT2D eigenvalue weighted by atomic mass is 9.84. The molecule has 5 nitrogen and oxygen atoms in total. The molecule has 3 atom stereocenters. The van der Waals surface area contributed by atoms with Crippen LogP contribution in [0.3, 0.4) is 0 Å². The molecule has 2 heterocycles. The Bertz CT molecular complexity index is 530. The molecule has 116 valence electrons. The number of nitrogens with zero attached hydrogens (tertiary/aromatic N) is 2. The van der Waals surface area contributed by atoms with Crippen LogP contribution < -0.4 is 11.1 Å². The zero-order valence-corrected chi connectivity index (χ0v) is 13.6. The molecule has 3 N–H and O–H groups in total. The number of hydrogen-bond acceptors (Lipinski definition) is 5. The van der Waals surface area contributed by atoms with Crippen molar-refractivity contribution in [2.75, 3.05) is 13.6 Å². The first-order valence-electron chi connectivity index (χ1n) is 7.76. The van der Waals surface area contributed by atoms with Crippen molar-refractivity contribution in [3.8, 4) is 0 Å². The fourth-order valence-corrected chi connectivity index (χ4v) is 4.31. The number of rotatable bonds is 2. The number of nitrogens with two attached hydrogens (primary N) is 1. The first kappa shape index (κ1) is 14.9. The molecule has 0 unspecified atom stereocenters. The average Bonchev–Trinajstić information content (AvgIpc) is 2.86. The van der Waals surface area contributed by atoms with E-state index in [1.807, 2.05) is 0 Å². The van der Waals surface area contributed by atoms with Gasteiger partial charge >= 0.3 is 0 Å².